The molecule has 0 bridgehead atoms. The van der Waals surface area contributed by atoms with E-state index < -0.39 is 0 Å². The zero-order valence-corrected chi connectivity index (χ0v) is 20.0. The Balaban J connectivity index is 1.55. The molecule has 0 spiro atoms. The molecule has 9 heteroatoms. The Kier molecular flexibility index (Phi) is 6.28. The molecule has 5 rings (SSSR count). The summed E-state index contributed by atoms with van der Waals surface area (Å²) >= 11 is 1.35. The van der Waals surface area contributed by atoms with Crippen molar-refractivity contribution in [3.63, 3.8) is 0 Å². The van der Waals surface area contributed by atoms with Crippen molar-refractivity contribution in [2.75, 3.05) is 7.11 Å². The molecule has 2 heterocycles. The number of nitrogens with one attached hydrogen (secondary N) is 1. The number of aromatic nitrogens is 4. The van der Waals surface area contributed by atoms with Crippen LogP contribution in [-0.2, 0) is 4.79 Å². The maximum Gasteiger partial charge on any atom is 0.267 e. The minimum atomic E-state index is -0.352. The lowest BCUT2D eigenvalue weighted by Crippen LogP contribution is -2.40. The van der Waals surface area contributed by atoms with E-state index in [2.05, 4.69) is 15.5 Å². The van der Waals surface area contributed by atoms with Crippen molar-refractivity contribution >= 4 is 34.3 Å². The maximum atomic E-state index is 13.4. The second-order valence-corrected chi connectivity index (χ2v) is 9.89. The number of carbonyl (C=O) groups excluding carboxylic acids is 1. The number of ether oxygens (including phenoxy) is 1. The molecule has 0 radical (unpaired) electrons. The van der Waals surface area contributed by atoms with Crippen molar-refractivity contribution in [1.82, 2.24) is 24.5 Å². The number of benzene rings is 2. The molecule has 1 N–H and O–H groups in total. The van der Waals surface area contributed by atoms with Crippen LogP contribution >= 0.6 is 11.8 Å². The van der Waals surface area contributed by atoms with Crippen LogP contribution in [0.15, 0.2) is 58.5 Å². The Morgan fingerprint density at radius 2 is 1.82 bits per heavy atom. The summed E-state index contributed by atoms with van der Waals surface area (Å²) in [5.74, 6) is 1.10. The zero-order valence-electron chi connectivity index (χ0n) is 19.2. The number of hydrogen-bond donors (Lipinski definition) is 1. The highest BCUT2D eigenvalue weighted by atomic mass is 32.2. The summed E-state index contributed by atoms with van der Waals surface area (Å²) in [4.78, 5) is 26.3. The first-order chi connectivity index (χ1) is 16.6. The largest absolute Gasteiger partial charge is 0.497 e. The SMILES string of the molecule is COc1ccc(-n2c(=O)c3ccccc3n3c(SC(C)C(=O)NC4CCCCC4)nnc23)cc1. The molecule has 1 saturated carbocycles. The van der Waals surface area contributed by atoms with Gasteiger partial charge in [-0.1, -0.05) is 43.2 Å². The normalized spacial score (nSPS) is 15.5. The predicted molar refractivity (Wildman–Crippen MR) is 133 cm³/mol. The Labute approximate surface area is 201 Å². The van der Waals surface area contributed by atoms with Gasteiger partial charge in [0.2, 0.25) is 11.7 Å². The molecule has 1 aliphatic rings. The predicted octanol–water partition coefficient (Wildman–Crippen LogP) is 3.97. The first kappa shape index (κ1) is 22.5. The highest BCUT2D eigenvalue weighted by molar-refractivity contribution is 8.00. The van der Waals surface area contributed by atoms with Crippen LogP contribution in [0.5, 0.6) is 5.75 Å². The minimum Gasteiger partial charge on any atom is -0.497 e. The molecule has 8 nitrogen and oxygen atoms in total. The Morgan fingerprint density at radius 3 is 2.56 bits per heavy atom. The number of nitrogens with zero attached hydrogens (tertiary/aromatic N) is 4. The van der Waals surface area contributed by atoms with Gasteiger partial charge in [0.15, 0.2) is 5.16 Å². The molecule has 1 aliphatic carbocycles. The van der Waals surface area contributed by atoms with Crippen LogP contribution in [0.2, 0.25) is 0 Å². The van der Waals surface area contributed by atoms with E-state index in [-0.39, 0.29) is 22.8 Å². The van der Waals surface area contributed by atoms with E-state index in [9.17, 15) is 9.59 Å². The number of methoxy groups -OCH3 is 1. The van der Waals surface area contributed by atoms with E-state index in [0.717, 1.165) is 25.7 Å². The van der Waals surface area contributed by atoms with Crippen LogP contribution in [0.3, 0.4) is 0 Å². The standard InChI is InChI=1S/C25H27N5O3S/c1-16(22(31)26-17-8-4-3-5-9-17)34-25-28-27-24-29(18-12-14-19(33-2)15-13-18)23(32)20-10-6-7-11-21(20)30(24)25/h6-7,10-17H,3-5,8-9H2,1-2H3,(H,26,31). The first-order valence-electron chi connectivity index (χ1n) is 11.6. The average molecular weight is 478 g/mol. The lowest BCUT2D eigenvalue weighted by molar-refractivity contribution is -0.121. The second-order valence-electron chi connectivity index (χ2n) is 8.58. The van der Waals surface area contributed by atoms with Crippen molar-refractivity contribution in [2.45, 2.75) is 55.5 Å². The van der Waals surface area contributed by atoms with Gasteiger partial charge >= 0.3 is 0 Å². The molecule has 176 valence electrons. The summed E-state index contributed by atoms with van der Waals surface area (Å²) in [6.07, 6.45) is 5.64. The van der Waals surface area contributed by atoms with E-state index in [0.29, 0.717) is 33.3 Å². The smallest absolute Gasteiger partial charge is 0.267 e. The summed E-state index contributed by atoms with van der Waals surface area (Å²) in [6.45, 7) is 1.88. The number of rotatable bonds is 6. The Bertz CT molecular complexity index is 1390. The fraction of sp³-hybridized carbons (Fsp3) is 0.360. The van der Waals surface area contributed by atoms with Crippen LogP contribution in [0.1, 0.15) is 39.0 Å². The third kappa shape index (κ3) is 4.16. The van der Waals surface area contributed by atoms with Gasteiger partial charge in [-0.15, -0.1) is 10.2 Å². The first-order valence-corrected chi connectivity index (χ1v) is 12.4. The fourth-order valence-electron chi connectivity index (χ4n) is 4.50. The zero-order chi connectivity index (χ0) is 23.7. The van der Waals surface area contributed by atoms with Crippen LogP contribution in [0, 0.1) is 0 Å². The molecule has 34 heavy (non-hydrogen) atoms. The highest BCUT2D eigenvalue weighted by Gasteiger charge is 2.24. The molecular formula is C25H27N5O3S. The van der Waals surface area contributed by atoms with E-state index >= 15 is 0 Å². The van der Waals surface area contributed by atoms with Crippen molar-refractivity contribution in [3.05, 3.63) is 58.9 Å². The summed E-state index contributed by atoms with van der Waals surface area (Å²) < 4.78 is 8.66. The van der Waals surface area contributed by atoms with Gasteiger partial charge in [0.1, 0.15) is 5.75 Å². The van der Waals surface area contributed by atoms with Gasteiger partial charge < -0.3 is 10.1 Å². The third-order valence-electron chi connectivity index (χ3n) is 6.33. The van der Waals surface area contributed by atoms with Crippen LogP contribution < -0.4 is 15.6 Å². The topological polar surface area (TPSA) is 90.5 Å². The lowest BCUT2D eigenvalue weighted by atomic mass is 9.95. The third-order valence-corrected chi connectivity index (χ3v) is 7.37. The van der Waals surface area contributed by atoms with Gasteiger partial charge in [-0.3, -0.25) is 14.0 Å². The summed E-state index contributed by atoms with van der Waals surface area (Å²) in [5, 5.41) is 12.7. The molecule has 0 aliphatic heterocycles. The molecule has 4 aromatic rings. The molecule has 0 saturated heterocycles. The molecule has 1 fully saturated rings. The molecule has 1 atom stereocenters. The van der Waals surface area contributed by atoms with Crippen LogP contribution in [-0.4, -0.2) is 43.5 Å². The number of para-hydroxylation sites is 1. The second kappa shape index (κ2) is 9.50. The lowest BCUT2D eigenvalue weighted by Gasteiger charge is -2.24. The van der Waals surface area contributed by atoms with Gasteiger partial charge in [-0.2, -0.15) is 0 Å². The van der Waals surface area contributed by atoms with Gasteiger partial charge in [0.25, 0.3) is 5.56 Å². The van der Waals surface area contributed by atoms with E-state index in [1.54, 1.807) is 29.9 Å². The number of carbonyl (C=O) groups is 1. The summed E-state index contributed by atoms with van der Waals surface area (Å²) in [5.41, 5.74) is 1.19. The minimum absolute atomic E-state index is 0.00133. The molecular weight excluding hydrogens is 450 g/mol. The van der Waals surface area contributed by atoms with Crippen molar-refractivity contribution < 1.29 is 9.53 Å². The van der Waals surface area contributed by atoms with Crippen molar-refractivity contribution in [1.29, 1.82) is 0 Å². The van der Waals surface area contributed by atoms with Gasteiger partial charge in [0, 0.05) is 6.04 Å². The van der Waals surface area contributed by atoms with Gasteiger partial charge in [0.05, 0.1) is 29.0 Å². The Hall–Kier alpha value is -3.33. The van der Waals surface area contributed by atoms with E-state index in [1.165, 1.54) is 18.2 Å². The average Bonchev–Trinajstić information content (AvgIpc) is 3.28. The van der Waals surface area contributed by atoms with E-state index in [4.69, 9.17) is 4.74 Å². The van der Waals surface area contributed by atoms with Crippen LogP contribution in [0.25, 0.3) is 22.4 Å². The number of amides is 1. The monoisotopic (exact) mass is 477 g/mol. The Morgan fingerprint density at radius 1 is 1.09 bits per heavy atom. The van der Waals surface area contributed by atoms with Crippen molar-refractivity contribution in [2.24, 2.45) is 0 Å². The fourth-order valence-corrected chi connectivity index (χ4v) is 5.36. The maximum absolute atomic E-state index is 13.4. The molecule has 1 amide bonds. The van der Waals surface area contributed by atoms with E-state index in [1.807, 2.05) is 41.7 Å². The van der Waals surface area contributed by atoms with Crippen molar-refractivity contribution in [3.8, 4) is 11.4 Å². The molecule has 1 unspecified atom stereocenters. The number of thioether (sulfide) groups is 1. The van der Waals surface area contributed by atoms with Gasteiger partial charge in [-0.25, -0.2) is 4.57 Å². The highest BCUT2D eigenvalue weighted by Crippen LogP contribution is 2.27. The number of hydrogen-bond acceptors (Lipinski definition) is 6. The summed E-state index contributed by atoms with van der Waals surface area (Å²) in [6, 6.07) is 14.9. The summed E-state index contributed by atoms with van der Waals surface area (Å²) in [7, 11) is 1.60. The van der Waals surface area contributed by atoms with Gasteiger partial charge in [-0.05, 0) is 56.2 Å². The number of fused-ring (bicyclic) bond motifs is 3. The quantitative estimate of drug-likeness (QED) is 0.423. The van der Waals surface area contributed by atoms with Crippen LogP contribution in [0.4, 0.5) is 0 Å². The molecule has 2 aromatic heterocycles. The molecule has 2 aromatic carbocycles.